The minimum absolute atomic E-state index is 0.354. The zero-order valence-electron chi connectivity index (χ0n) is 9.76. The Hall–Kier alpha value is -1.96. The minimum atomic E-state index is -0.387. The van der Waals surface area contributed by atoms with E-state index in [-0.39, 0.29) is 11.8 Å². The Bertz CT molecular complexity index is 602. The van der Waals surface area contributed by atoms with E-state index in [0.29, 0.717) is 11.1 Å². The van der Waals surface area contributed by atoms with Gasteiger partial charge in [0.25, 0.3) is 11.8 Å². The lowest BCUT2D eigenvalue weighted by Crippen LogP contribution is -2.41. The Kier molecular flexibility index (Phi) is 4.45. The van der Waals surface area contributed by atoms with Crippen LogP contribution in [0.25, 0.3) is 0 Å². The molecule has 0 aliphatic heterocycles. The molecule has 0 spiro atoms. The number of rotatable bonds is 2. The summed E-state index contributed by atoms with van der Waals surface area (Å²) in [7, 11) is 0. The second-order valence-electron chi connectivity index (χ2n) is 3.62. The van der Waals surface area contributed by atoms with Crippen molar-refractivity contribution in [3.63, 3.8) is 0 Å². The zero-order chi connectivity index (χ0) is 13.7. The first kappa shape index (κ1) is 13.5. The molecule has 0 radical (unpaired) electrons. The summed E-state index contributed by atoms with van der Waals surface area (Å²) < 4.78 is 0.816. The lowest BCUT2D eigenvalue weighted by Gasteiger charge is -2.08. The Labute approximate surface area is 123 Å². The molecule has 0 bridgehead atoms. The number of aromatic nitrogens is 1. The van der Waals surface area contributed by atoms with Gasteiger partial charge in [-0.2, -0.15) is 0 Å². The van der Waals surface area contributed by atoms with Crippen molar-refractivity contribution in [2.45, 2.75) is 0 Å². The molecular formula is C13H10IN3O2. The second-order valence-corrected chi connectivity index (χ2v) is 4.79. The third-order valence-corrected chi connectivity index (χ3v) is 3.29. The number of hydrogen-bond donors (Lipinski definition) is 2. The number of halogens is 1. The van der Waals surface area contributed by atoms with Crippen LogP contribution in [0.15, 0.2) is 48.8 Å². The van der Waals surface area contributed by atoms with Crippen LogP contribution < -0.4 is 10.9 Å². The normalized spacial score (nSPS) is 9.74. The summed E-state index contributed by atoms with van der Waals surface area (Å²) in [6.45, 7) is 0. The maximum Gasteiger partial charge on any atom is 0.270 e. The number of nitrogens with zero attached hydrogens (tertiary/aromatic N) is 1. The van der Waals surface area contributed by atoms with E-state index in [1.165, 1.54) is 12.4 Å². The predicted molar refractivity (Wildman–Crippen MR) is 78.3 cm³/mol. The highest BCUT2D eigenvalue weighted by Gasteiger charge is 2.10. The molecule has 1 heterocycles. The fourth-order valence-corrected chi connectivity index (χ4v) is 2.03. The first-order valence-electron chi connectivity index (χ1n) is 5.43. The van der Waals surface area contributed by atoms with E-state index < -0.39 is 0 Å². The van der Waals surface area contributed by atoms with Gasteiger partial charge in [-0.05, 0) is 46.9 Å². The van der Waals surface area contributed by atoms with E-state index in [1.54, 1.807) is 24.3 Å². The van der Waals surface area contributed by atoms with E-state index in [4.69, 9.17) is 0 Å². The number of carbonyl (C=O) groups excluding carboxylic acids is 2. The van der Waals surface area contributed by atoms with Crippen molar-refractivity contribution in [2.24, 2.45) is 0 Å². The van der Waals surface area contributed by atoms with Crippen molar-refractivity contribution < 1.29 is 9.59 Å². The lowest BCUT2D eigenvalue weighted by atomic mass is 10.2. The summed E-state index contributed by atoms with van der Waals surface area (Å²) >= 11 is 2.06. The molecule has 0 fully saturated rings. The third-order valence-electron chi connectivity index (χ3n) is 2.35. The van der Waals surface area contributed by atoms with E-state index >= 15 is 0 Å². The van der Waals surface area contributed by atoms with Crippen LogP contribution in [0.1, 0.15) is 20.7 Å². The molecule has 2 amide bonds. The van der Waals surface area contributed by atoms with Gasteiger partial charge in [0.05, 0.1) is 5.56 Å². The maximum atomic E-state index is 11.9. The molecule has 0 atom stereocenters. The molecule has 1 aromatic carbocycles. The molecule has 2 aromatic rings. The quantitative estimate of drug-likeness (QED) is 0.628. The highest BCUT2D eigenvalue weighted by atomic mass is 127. The molecule has 0 aliphatic carbocycles. The molecule has 0 saturated carbocycles. The van der Waals surface area contributed by atoms with Gasteiger partial charge >= 0.3 is 0 Å². The van der Waals surface area contributed by atoms with Crippen LogP contribution in [0.5, 0.6) is 0 Å². The molecule has 6 heteroatoms. The van der Waals surface area contributed by atoms with Gasteiger partial charge < -0.3 is 0 Å². The first-order valence-corrected chi connectivity index (χ1v) is 6.51. The largest absolute Gasteiger partial charge is 0.270 e. The van der Waals surface area contributed by atoms with Crippen LogP contribution in [0.4, 0.5) is 0 Å². The van der Waals surface area contributed by atoms with E-state index in [2.05, 4.69) is 38.4 Å². The van der Waals surface area contributed by atoms with Gasteiger partial charge in [0.1, 0.15) is 0 Å². The number of amides is 2. The van der Waals surface area contributed by atoms with Crippen LogP contribution in [0.3, 0.4) is 0 Å². The Morgan fingerprint density at radius 2 is 1.58 bits per heavy atom. The number of hydrazine groups is 1. The van der Waals surface area contributed by atoms with Crippen molar-refractivity contribution in [3.05, 3.63) is 63.5 Å². The molecule has 0 unspecified atom stereocenters. The topological polar surface area (TPSA) is 71.1 Å². The Morgan fingerprint density at radius 1 is 0.947 bits per heavy atom. The number of benzene rings is 1. The highest BCUT2D eigenvalue weighted by molar-refractivity contribution is 14.1. The van der Waals surface area contributed by atoms with Crippen LogP contribution in [-0.2, 0) is 0 Å². The fraction of sp³-hybridized carbons (Fsp3) is 0. The molecule has 96 valence electrons. The van der Waals surface area contributed by atoms with Crippen LogP contribution in [-0.4, -0.2) is 16.8 Å². The van der Waals surface area contributed by atoms with Crippen molar-refractivity contribution in [1.29, 1.82) is 0 Å². The third kappa shape index (κ3) is 3.50. The molecular weight excluding hydrogens is 357 g/mol. The highest BCUT2D eigenvalue weighted by Crippen LogP contribution is 2.10. The lowest BCUT2D eigenvalue weighted by molar-refractivity contribution is 0.0846. The van der Waals surface area contributed by atoms with E-state index in [0.717, 1.165) is 3.57 Å². The smallest absolute Gasteiger partial charge is 0.267 e. The summed E-state index contributed by atoms with van der Waals surface area (Å²) in [4.78, 5) is 27.4. The molecule has 5 nitrogen and oxygen atoms in total. The van der Waals surface area contributed by atoms with Gasteiger partial charge in [0.2, 0.25) is 0 Å². The number of pyridine rings is 1. The van der Waals surface area contributed by atoms with Crippen molar-refractivity contribution in [3.8, 4) is 0 Å². The molecule has 0 saturated heterocycles. The monoisotopic (exact) mass is 367 g/mol. The predicted octanol–water partition coefficient (Wildman–Crippen LogP) is 1.76. The standard InChI is InChI=1S/C13H10IN3O2/c14-11-4-2-1-3-10(11)13(19)17-16-12(18)9-5-7-15-8-6-9/h1-8H,(H,16,18)(H,17,19). The van der Waals surface area contributed by atoms with Crippen LogP contribution in [0.2, 0.25) is 0 Å². The first-order chi connectivity index (χ1) is 9.18. The van der Waals surface area contributed by atoms with Gasteiger partial charge in [-0.15, -0.1) is 0 Å². The molecule has 2 N–H and O–H groups in total. The van der Waals surface area contributed by atoms with E-state index in [1.807, 2.05) is 12.1 Å². The van der Waals surface area contributed by atoms with Gasteiger partial charge in [-0.1, -0.05) is 12.1 Å². The summed E-state index contributed by atoms with van der Waals surface area (Å²) in [5, 5.41) is 0. The van der Waals surface area contributed by atoms with Gasteiger partial charge in [0, 0.05) is 21.5 Å². The van der Waals surface area contributed by atoms with Crippen LogP contribution in [0, 0.1) is 3.57 Å². The molecule has 2 rings (SSSR count). The van der Waals surface area contributed by atoms with Gasteiger partial charge in [-0.25, -0.2) is 0 Å². The Morgan fingerprint density at radius 3 is 2.26 bits per heavy atom. The summed E-state index contributed by atoms with van der Waals surface area (Å²) in [5.41, 5.74) is 5.67. The van der Waals surface area contributed by atoms with Crippen molar-refractivity contribution in [1.82, 2.24) is 15.8 Å². The van der Waals surface area contributed by atoms with Crippen molar-refractivity contribution in [2.75, 3.05) is 0 Å². The van der Waals surface area contributed by atoms with Crippen molar-refractivity contribution >= 4 is 34.4 Å². The average molecular weight is 367 g/mol. The number of hydrogen-bond acceptors (Lipinski definition) is 3. The minimum Gasteiger partial charge on any atom is -0.267 e. The number of nitrogens with one attached hydrogen (secondary N) is 2. The number of carbonyl (C=O) groups is 2. The van der Waals surface area contributed by atoms with Gasteiger partial charge in [-0.3, -0.25) is 25.4 Å². The van der Waals surface area contributed by atoms with Gasteiger partial charge in [0.15, 0.2) is 0 Å². The Balaban J connectivity index is 1.98. The van der Waals surface area contributed by atoms with E-state index in [9.17, 15) is 9.59 Å². The summed E-state index contributed by atoms with van der Waals surface area (Å²) in [6.07, 6.45) is 3.02. The average Bonchev–Trinajstić information content (AvgIpc) is 2.46. The molecule has 19 heavy (non-hydrogen) atoms. The summed E-state index contributed by atoms with van der Waals surface area (Å²) in [5.74, 6) is -0.742. The summed E-state index contributed by atoms with van der Waals surface area (Å²) in [6, 6.07) is 10.2. The molecule has 0 aliphatic rings. The zero-order valence-corrected chi connectivity index (χ0v) is 11.9. The van der Waals surface area contributed by atoms with Crippen LogP contribution >= 0.6 is 22.6 Å². The SMILES string of the molecule is O=C(NNC(=O)c1ccccc1I)c1ccncc1. The maximum absolute atomic E-state index is 11.9. The second kappa shape index (κ2) is 6.28. The fourth-order valence-electron chi connectivity index (χ4n) is 1.40. The molecule has 1 aromatic heterocycles.